The van der Waals surface area contributed by atoms with E-state index < -0.39 is 5.97 Å². The van der Waals surface area contributed by atoms with Crippen molar-refractivity contribution in [3.8, 4) is 5.75 Å². The van der Waals surface area contributed by atoms with Crippen LogP contribution in [-0.4, -0.2) is 39.5 Å². The van der Waals surface area contributed by atoms with Crippen molar-refractivity contribution in [3.05, 3.63) is 64.8 Å². The van der Waals surface area contributed by atoms with Crippen LogP contribution in [0.4, 0.5) is 5.00 Å². The Bertz CT molecular complexity index is 1120. The highest BCUT2D eigenvalue weighted by Crippen LogP contribution is 2.26. The van der Waals surface area contributed by atoms with Crippen molar-refractivity contribution >= 4 is 40.0 Å². The van der Waals surface area contributed by atoms with Gasteiger partial charge in [-0.3, -0.25) is 9.36 Å². The molecule has 2 aromatic heterocycles. The van der Waals surface area contributed by atoms with E-state index in [4.69, 9.17) is 9.47 Å². The molecule has 10 heteroatoms. The Morgan fingerprint density at radius 3 is 2.84 bits per heavy atom. The number of methoxy groups -OCH3 is 1. The monoisotopic (exact) mass is 472 g/mol. The average Bonchev–Trinajstić information content (AvgIpc) is 3.40. The zero-order valence-corrected chi connectivity index (χ0v) is 19.7. The second-order valence-electron chi connectivity index (χ2n) is 6.78. The minimum absolute atomic E-state index is 0.103. The number of aromatic nitrogens is 3. The van der Waals surface area contributed by atoms with Gasteiger partial charge in [0.1, 0.15) is 17.4 Å². The summed E-state index contributed by atoms with van der Waals surface area (Å²) in [6.45, 7) is 8.57. The van der Waals surface area contributed by atoms with Gasteiger partial charge in [-0.25, -0.2) is 4.79 Å². The van der Waals surface area contributed by atoms with Crippen molar-refractivity contribution in [3.63, 3.8) is 0 Å². The van der Waals surface area contributed by atoms with E-state index in [1.54, 1.807) is 17.5 Å². The number of nitrogens with zero attached hydrogens (tertiary/aromatic N) is 3. The Labute approximate surface area is 194 Å². The molecule has 8 nitrogen and oxygen atoms in total. The first-order valence-corrected chi connectivity index (χ1v) is 11.6. The highest BCUT2D eigenvalue weighted by molar-refractivity contribution is 7.99. The normalized spacial score (nSPS) is 10.6. The number of thioether (sulfide) groups is 1. The molecule has 32 heavy (non-hydrogen) atoms. The van der Waals surface area contributed by atoms with Gasteiger partial charge in [0.25, 0.3) is 0 Å². The van der Waals surface area contributed by atoms with Crippen LogP contribution in [0.3, 0.4) is 0 Å². The molecule has 3 aromatic rings. The molecule has 0 spiro atoms. The van der Waals surface area contributed by atoms with Gasteiger partial charge in [-0.2, -0.15) is 0 Å². The second kappa shape index (κ2) is 11.0. The van der Waals surface area contributed by atoms with Crippen molar-refractivity contribution in [1.29, 1.82) is 0 Å². The highest BCUT2D eigenvalue weighted by atomic mass is 32.2. The molecular weight excluding hydrogens is 448 g/mol. The van der Waals surface area contributed by atoms with E-state index in [0.29, 0.717) is 28.1 Å². The van der Waals surface area contributed by atoms with Crippen LogP contribution in [0.15, 0.2) is 47.5 Å². The molecular formula is C22H24N4O4S2. The zero-order valence-electron chi connectivity index (χ0n) is 18.1. The maximum atomic E-state index is 12.4. The van der Waals surface area contributed by atoms with Gasteiger partial charge in [0.2, 0.25) is 5.91 Å². The molecule has 168 valence electrons. The van der Waals surface area contributed by atoms with Crippen LogP contribution in [0.1, 0.15) is 27.3 Å². The number of allylic oxidation sites excluding steroid dienone is 1. The van der Waals surface area contributed by atoms with Crippen LogP contribution in [0.25, 0.3) is 0 Å². The lowest BCUT2D eigenvalue weighted by Gasteiger charge is -2.12. The maximum Gasteiger partial charge on any atom is 0.340 e. The lowest BCUT2D eigenvalue weighted by atomic mass is 10.1. The number of hydrogen-bond donors (Lipinski definition) is 1. The number of rotatable bonds is 10. The van der Waals surface area contributed by atoms with Crippen LogP contribution in [0, 0.1) is 13.8 Å². The molecule has 3 rings (SSSR count). The SMILES string of the molecule is C=CCn1c(COc2cccc(C)c2C)nnc1SCC(=O)Nc1sccc1C(=O)OC. The molecule has 2 heterocycles. The van der Waals surface area contributed by atoms with Gasteiger partial charge in [-0.05, 0) is 42.5 Å². The molecule has 0 aliphatic carbocycles. The molecule has 0 saturated carbocycles. The minimum Gasteiger partial charge on any atom is -0.485 e. The fourth-order valence-electron chi connectivity index (χ4n) is 2.84. The summed E-state index contributed by atoms with van der Waals surface area (Å²) in [5.41, 5.74) is 2.56. The smallest absolute Gasteiger partial charge is 0.340 e. The highest BCUT2D eigenvalue weighted by Gasteiger charge is 2.18. The van der Waals surface area contributed by atoms with Gasteiger partial charge in [-0.15, -0.1) is 28.1 Å². The predicted octanol–water partition coefficient (Wildman–Crippen LogP) is 4.24. The van der Waals surface area contributed by atoms with E-state index in [-0.39, 0.29) is 18.3 Å². The van der Waals surface area contributed by atoms with Crippen molar-refractivity contribution in [2.45, 2.75) is 32.2 Å². The molecule has 0 bridgehead atoms. The standard InChI is InChI=1S/C22H24N4O4S2/c1-5-10-26-18(12-30-17-8-6-7-14(2)15(17)3)24-25-22(26)32-13-19(27)23-20-16(9-11-31-20)21(28)29-4/h5-9,11H,1,10,12-13H2,2-4H3,(H,23,27). The third-order valence-electron chi connectivity index (χ3n) is 4.67. The number of anilines is 1. The topological polar surface area (TPSA) is 95.3 Å². The van der Waals surface area contributed by atoms with E-state index in [9.17, 15) is 9.59 Å². The van der Waals surface area contributed by atoms with E-state index in [1.807, 2.05) is 36.6 Å². The fraction of sp³-hybridized carbons (Fsp3) is 0.273. The molecule has 1 N–H and O–H groups in total. The van der Waals surface area contributed by atoms with Crippen molar-refractivity contribution < 1.29 is 19.1 Å². The number of nitrogens with one attached hydrogen (secondary N) is 1. The molecule has 0 aliphatic rings. The van der Waals surface area contributed by atoms with E-state index in [0.717, 1.165) is 16.9 Å². The van der Waals surface area contributed by atoms with Crippen LogP contribution in [-0.2, 0) is 22.7 Å². The quantitative estimate of drug-likeness (QED) is 0.268. The number of aryl methyl sites for hydroxylation is 1. The zero-order chi connectivity index (χ0) is 23.1. The number of amides is 1. The Hall–Kier alpha value is -3.11. The van der Waals surface area contributed by atoms with Crippen LogP contribution in [0.5, 0.6) is 5.75 Å². The molecule has 0 saturated heterocycles. The van der Waals surface area contributed by atoms with Crippen LogP contribution < -0.4 is 10.1 Å². The van der Waals surface area contributed by atoms with Gasteiger partial charge >= 0.3 is 5.97 Å². The average molecular weight is 473 g/mol. The first-order valence-electron chi connectivity index (χ1n) is 9.75. The van der Waals surface area contributed by atoms with E-state index in [2.05, 4.69) is 22.1 Å². The van der Waals surface area contributed by atoms with Crippen molar-refractivity contribution in [2.75, 3.05) is 18.2 Å². The number of carbonyl (C=O) groups is 2. The maximum absolute atomic E-state index is 12.4. The summed E-state index contributed by atoms with van der Waals surface area (Å²) < 4.78 is 12.5. The Balaban J connectivity index is 1.64. The lowest BCUT2D eigenvalue weighted by Crippen LogP contribution is -2.16. The van der Waals surface area contributed by atoms with Crippen molar-refractivity contribution in [1.82, 2.24) is 14.8 Å². The van der Waals surface area contributed by atoms with Crippen LogP contribution in [0.2, 0.25) is 0 Å². The first kappa shape index (κ1) is 23.6. The summed E-state index contributed by atoms with van der Waals surface area (Å²) in [5, 5.41) is 14.0. The molecule has 0 fully saturated rings. The van der Waals surface area contributed by atoms with Gasteiger partial charge < -0.3 is 14.8 Å². The first-order chi connectivity index (χ1) is 15.4. The van der Waals surface area contributed by atoms with Gasteiger partial charge in [0, 0.05) is 6.54 Å². The number of thiophene rings is 1. The number of esters is 1. The molecule has 1 aromatic carbocycles. The Kier molecular flexibility index (Phi) is 8.07. The van der Waals surface area contributed by atoms with Gasteiger partial charge in [-0.1, -0.05) is 30.0 Å². The summed E-state index contributed by atoms with van der Waals surface area (Å²) in [5.74, 6) is 0.785. The summed E-state index contributed by atoms with van der Waals surface area (Å²) in [6, 6.07) is 7.52. The summed E-state index contributed by atoms with van der Waals surface area (Å²) in [7, 11) is 1.30. The fourth-order valence-corrected chi connectivity index (χ4v) is 4.40. The number of carbonyl (C=O) groups excluding carboxylic acids is 2. The number of ether oxygens (including phenoxy) is 2. The Morgan fingerprint density at radius 2 is 2.09 bits per heavy atom. The lowest BCUT2D eigenvalue weighted by molar-refractivity contribution is -0.113. The predicted molar refractivity (Wildman–Crippen MR) is 125 cm³/mol. The number of benzene rings is 1. The largest absolute Gasteiger partial charge is 0.485 e. The number of hydrogen-bond acceptors (Lipinski definition) is 8. The molecule has 0 aliphatic heterocycles. The molecule has 0 atom stereocenters. The third-order valence-corrected chi connectivity index (χ3v) is 6.47. The van der Waals surface area contributed by atoms with Crippen molar-refractivity contribution in [2.24, 2.45) is 0 Å². The molecule has 0 radical (unpaired) electrons. The Morgan fingerprint density at radius 1 is 1.28 bits per heavy atom. The summed E-state index contributed by atoms with van der Waals surface area (Å²) in [6.07, 6.45) is 1.74. The minimum atomic E-state index is -0.492. The summed E-state index contributed by atoms with van der Waals surface area (Å²) >= 11 is 2.51. The molecule has 0 unspecified atom stereocenters. The summed E-state index contributed by atoms with van der Waals surface area (Å²) in [4.78, 5) is 24.2. The van der Waals surface area contributed by atoms with E-state index in [1.165, 1.54) is 30.2 Å². The van der Waals surface area contributed by atoms with E-state index >= 15 is 0 Å². The van der Waals surface area contributed by atoms with Gasteiger partial charge in [0.15, 0.2) is 11.0 Å². The molecule has 1 amide bonds. The third kappa shape index (κ3) is 5.57. The van der Waals surface area contributed by atoms with Gasteiger partial charge in [0.05, 0.1) is 18.4 Å². The van der Waals surface area contributed by atoms with Crippen LogP contribution >= 0.6 is 23.1 Å². The second-order valence-corrected chi connectivity index (χ2v) is 8.64.